The van der Waals surface area contributed by atoms with Gasteiger partial charge in [0.15, 0.2) is 0 Å². The molecule has 1 saturated carbocycles. The monoisotopic (exact) mass is 274 g/mol. The Balaban J connectivity index is 1.65. The highest BCUT2D eigenvalue weighted by atomic mass is 16.3. The number of rotatable bonds is 4. The van der Waals surface area contributed by atoms with Crippen LogP contribution in [0.25, 0.3) is 0 Å². The van der Waals surface area contributed by atoms with Crippen molar-refractivity contribution in [1.29, 1.82) is 0 Å². The van der Waals surface area contributed by atoms with Crippen LogP contribution in [0, 0.1) is 5.92 Å². The van der Waals surface area contributed by atoms with E-state index in [2.05, 4.69) is 11.0 Å². The second-order valence-electron chi connectivity index (χ2n) is 6.43. The van der Waals surface area contributed by atoms with Gasteiger partial charge in [0.1, 0.15) is 0 Å². The molecule has 20 heavy (non-hydrogen) atoms. The van der Waals surface area contributed by atoms with Gasteiger partial charge >= 0.3 is 0 Å². The Morgan fingerprint density at radius 2 is 2.05 bits per heavy atom. The number of β-amino-alcohol motifs (C(OH)–C–C–N with tert-alkyl or cyclic N) is 1. The fourth-order valence-electron chi connectivity index (χ4n) is 3.88. The van der Waals surface area contributed by atoms with Gasteiger partial charge in [-0.2, -0.15) is 0 Å². The molecule has 0 aromatic heterocycles. The van der Waals surface area contributed by atoms with Crippen LogP contribution in [0.4, 0.5) is 11.4 Å². The summed E-state index contributed by atoms with van der Waals surface area (Å²) >= 11 is 0. The molecule has 1 aliphatic heterocycles. The molecule has 1 atom stereocenters. The second kappa shape index (κ2) is 6.04. The molecule has 1 fully saturated rings. The number of anilines is 2. The molecule has 0 radical (unpaired) electrons. The molecule has 2 aliphatic rings. The lowest BCUT2D eigenvalue weighted by Gasteiger charge is -2.34. The fourth-order valence-corrected chi connectivity index (χ4v) is 3.88. The van der Waals surface area contributed by atoms with Gasteiger partial charge in [0.05, 0.1) is 6.10 Å². The lowest BCUT2D eigenvalue weighted by atomic mass is 9.97. The maximum absolute atomic E-state index is 10.4. The Bertz CT molecular complexity index is 454. The fraction of sp³-hybridized carbons (Fsp3) is 0.647. The molecule has 1 aliphatic carbocycles. The highest BCUT2D eigenvalue weighted by Crippen LogP contribution is 2.33. The molecule has 1 unspecified atom stereocenters. The Labute approximate surface area is 121 Å². The molecule has 0 saturated heterocycles. The maximum atomic E-state index is 10.4. The van der Waals surface area contributed by atoms with Gasteiger partial charge in [0, 0.05) is 24.5 Å². The van der Waals surface area contributed by atoms with Gasteiger partial charge in [-0.25, -0.2) is 0 Å². The van der Waals surface area contributed by atoms with Crippen LogP contribution in [0.5, 0.6) is 0 Å². The zero-order valence-corrected chi connectivity index (χ0v) is 12.2. The standard InChI is InChI=1S/C17H26N2O/c18-16-8-3-9-17-15(16)7-4-10-19(17)12-14(20)11-13-5-1-2-6-13/h3,8-9,13-14,20H,1-2,4-7,10-12,18H2. The van der Waals surface area contributed by atoms with Crippen LogP contribution in [0.3, 0.4) is 0 Å². The third-order valence-corrected chi connectivity index (χ3v) is 4.89. The van der Waals surface area contributed by atoms with E-state index < -0.39 is 0 Å². The van der Waals surface area contributed by atoms with Crippen molar-refractivity contribution in [3.05, 3.63) is 23.8 Å². The van der Waals surface area contributed by atoms with Crippen molar-refractivity contribution in [2.75, 3.05) is 23.7 Å². The van der Waals surface area contributed by atoms with E-state index in [1.54, 1.807) is 0 Å². The van der Waals surface area contributed by atoms with Crippen molar-refractivity contribution in [3.63, 3.8) is 0 Å². The van der Waals surface area contributed by atoms with Crippen molar-refractivity contribution < 1.29 is 5.11 Å². The van der Waals surface area contributed by atoms with Gasteiger partial charge in [-0.3, -0.25) is 0 Å². The van der Waals surface area contributed by atoms with E-state index in [0.29, 0.717) is 0 Å². The molecule has 0 amide bonds. The van der Waals surface area contributed by atoms with Crippen molar-refractivity contribution in [2.24, 2.45) is 5.92 Å². The first-order valence-electron chi connectivity index (χ1n) is 8.04. The van der Waals surface area contributed by atoms with Gasteiger partial charge in [-0.1, -0.05) is 31.7 Å². The molecule has 3 heteroatoms. The Morgan fingerprint density at radius 1 is 1.25 bits per heavy atom. The quantitative estimate of drug-likeness (QED) is 0.830. The number of benzene rings is 1. The minimum atomic E-state index is -0.203. The van der Waals surface area contributed by atoms with Crippen molar-refractivity contribution in [3.8, 4) is 0 Å². The topological polar surface area (TPSA) is 49.5 Å². The minimum absolute atomic E-state index is 0.203. The average Bonchev–Trinajstić information content (AvgIpc) is 2.93. The summed E-state index contributed by atoms with van der Waals surface area (Å²) in [6.45, 7) is 1.80. The highest BCUT2D eigenvalue weighted by molar-refractivity contribution is 5.66. The van der Waals surface area contributed by atoms with E-state index in [1.165, 1.54) is 36.9 Å². The van der Waals surface area contributed by atoms with Crippen LogP contribution in [0.15, 0.2) is 18.2 Å². The Morgan fingerprint density at radius 3 is 2.85 bits per heavy atom. The van der Waals surface area contributed by atoms with E-state index in [1.807, 2.05) is 12.1 Å². The molecule has 0 bridgehead atoms. The molecule has 1 aromatic carbocycles. The number of aliphatic hydroxyl groups is 1. The molecule has 3 N–H and O–H groups in total. The number of hydrogen-bond donors (Lipinski definition) is 2. The summed E-state index contributed by atoms with van der Waals surface area (Å²) in [6.07, 6.45) is 8.27. The summed E-state index contributed by atoms with van der Waals surface area (Å²) in [5.41, 5.74) is 9.49. The van der Waals surface area contributed by atoms with Crippen LogP contribution < -0.4 is 10.6 Å². The average molecular weight is 274 g/mol. The lowest BCUT2D eigenvalue weighted by Crippen LogP contribution is -2.37. The van der Waals surface area contributed by atoms with Crippen molar-refractivity contribution >= 4 is 11.4 Å². The van der Waals surface area contributed by atoms with Gasteiger partial charge in [0.25, 0.3) is 0 Å². The van der Waals surface area contributed by atoms with Crippen LogP contribution in [0.1, 0.15) is 44.1 Å². The van der Waals surface area contributed by atoms with E-state index in [4.69, 9.17) is 5.73 Å². The van der Waals surface area contributed by atoms with E-state index in [-0.39, 0.29) is 6.10 Å². The molecule has 3 nitrogen and oxygen atoms in total. The number of nitrogens with two attached hydrogens (primary N) is 1. The lowest BCUT2D eigenvalue weighted by molar-refractivity contribution is 0.147. The summed E-state index contributed by atoms with van der Waals surface area (Å²) in [7, 11) is 0. The molecule has 1 heterocycles. The Hall–Kier alpha value is -1.22. The number of nitrogen functional groups attached to an aromatic ring is 1. The van der Waals surface area contributed by atoms with Gasteiger partial charge in [0.2, 0.25) is 0 Å². The highest BCUT2D eigenvalue weighted by Gasteiger charge is 2.23. The largest absolute Gasteiger partial charge is 0.398 e. The third kappa shape index (κ3) is 2.93. The third-order valence-electron chi connectivity index (χ3n) is 4.89. The SMILES string of the molecule is Nc1cccc2c1CCCN2CC(O)CC1CCCC1. The van der Waals surface area contributed by atoms with E-state index in [9.17, 15) is 5.11 Å². The van der Waals surface area contributed by atoms with Crippen molar-refractivity contribution in [2.45, 2.75) is 51.0 Å². The maximum Gasteiger partial charge on any atom is 0.0717 e. The molecule has 3 rings (SSSR count). The van der Waals surface area contributed by atoms with Crippen LogP contribution in [0.2, 0.25) is 0 Å². The summed E-state index contributed by atoms with van der Waals surface area (Å²) in [4.78, 5) is 2.33. The smallest absolute Gasteiger partial charge is 0.0717 e. The predicted molar refractivity (Wildman–Crippen MR) is 84.0 cm³/mol. The zero-order chi connectivity index (χ0) is 13.9. The summed E-state index contributed by atoms with van der Waals surface area (Å²) in [5.74, 6) is 0.745. The number of nitrogens with zero attached hydrogens (tertiary/aromatic N) is 1. The first-order valence-corrected chi connectivity index (χ1v) is 8.04. The zero-order valence-electron chi connectivity index (χ0n) is 12.2. The first kappa shape index (κ1) is 13.7. The summed E-state index contributed by atoms with van der Waals surface area (Å²) in [6, 6.07) is 6.15. The Kier molecular flexibility index (Phi) is 4.16. The number of aliphatic hydroxyl groups excluding tert-OH is 1. The van der Waals surface area contributed by atoms with Gasteiger partial charge in [-0.15, -0.1) is 0 Å². The molecular formula is C17H26N2O. The second-order valence-corrected chi connectivity index (χ2v) is 6.43. The number of fused-ring (bicyclic) bond motifs is 1. The molecule has 1 aromatic rings. The predicted octanol–water partition coefficient (Wildman–Crippen LogP) is 2.96. The van der Waals surface area contributed by atoms with Crippen molar-refractivity contribution in [1.82, 2.24) is 0 Å². The van der Waals surface area contributed by atoms with Gasteiger partial charge < -0.3 is 15.7 Å². The molecule has 0 spiro atoms. The minimum Gasteiger partial charge on any atom is -0.398 e. The van der Waals surface area contributed by atoms with Gasteiger partial charge in [-0.05, 0) is 42.9 Å². The molecule has 110 valence electrons. The molecular weight excluding hydrogens is 248 g/mol. The van der Waals surface area contributed by atoms with Crippen LogP contribution in [-0.2, 0) is 6.42 Å². The summed E-state index contributed by atoms with van der Waals surface area (Å²) in [5, 5.41) is 10.4. The van der Waals surface area contributed by atoms with E-state index >= 15 is 0 Å². The van der Waals surface area contributed by atoms with Crippen LogP contribution in [-0.4, -0.2) is 24.3 Å². The first-order chi connectivity index (χ1) is 9.74. The summed E-state index contributed by atoms with van der Waals surface area (Å²) < 4.78 is 0. The van der Waals surface area contributed by atoms with E-state index in [0.717, 1.165) is 44.0 Å². The van der Waals surface area contributed by atoms with Crippen LogP contribution >= 0.6 is 0 Å². The normalized spacial score (nSPS) is 20.9. The number of hydrogen-bond acceptors (Lipinski definition) is 3.